The molecule has 0 bridgehead atoms. The van der Waals surface area contributed by atoms with Crippen LogP contribution in [-0.2, 0) is 14.3 Å². The van der Waals surface area contributed by atoms with Crippen molar-refractivity contribution in [1.82, 2.24) is 4.90 Å². The minimum absolute atomic E-state index is 0.0346. The van der Waals surface area contributed by atoms with E-state index in [1.165, 1.54) is 18.1 Å². The van der Waals surface area contributed by atoms with Crippen molar-refractivity contribution in [1.29, 1.82) is 0 Å². The molecule has 1 aromatic carbocycles. The molecule has 0 aliphatic carbocycles. The number of hydrogen-bond acceptors (Lipinski definition) is 6. The predicted octanol–water partition coefficient (Wildman–Crippen LogP) is 1.66. The highest BCUT2D eigenvalue weighted by molar-refractivity contribution is 5.78. The fraction of sp³-hybridized carbons (Fsp3) is 0.467. The number of anilines is 1. The number of nitrogens with one attached hydrogen (secondary N) is 1. The number of nitro benzene ring substituents is 1. The van der Waals surface area contributed by atoms with Crippen LogP contribution < -0.4 is 5.32 Å². The lowest BCUT2D eigenvalue weighted by molar-refractivity contribution is -0.384. The molecule has 0 saturated heterocycles. The lowest BCUT2D eigenvalue weighted by Gasteiger charge is -2.20. The Labute approximate surface area is 134 Å². The van der Waals surface area contributed by atoms with Gasteiger partial charge in [-0.2, -0.15) is 0 Å². The fourth-order valence-electron chi connectivity index (χ4n) is 2.07. The molecule has 0 heterocycles. The summed E-state index contributed by atoms with van der Waals surface area (Å²) in [4.78, 5) is 35.2. The minimum atomic E-state index is -0.478. The Balaban J connectivity index is 2.48. The third kappa shape index (κ3) is 5.57. The molecule has 1 N–H and O–H groups in total. The maximum atomic E-state index is 12.0. The molecule has 1 amide bonds. The van der Waals surface area contributed by atoms with Crippen LogP contribution in [0.4, 0.5) is 11.4 Å². The SMILES string of the molecule is COC(=O)C(C)CN(C)C(=O)CCNc1ccccc1[N+](=O)[O-]. The van der Waals surface area contributed by atoms with Crippen molar-refractivity contribution >= 4 is 23.3 Å². The Morgan fingerprint density at radius 3 is 2.65 bits per heavy atom. The average molecular weight is 323 g/mol. The van der Waals surface area contributed by atoms with Gasteiger partial charge < -0.3 is 15.0 Å². The van der Waals surface area contributed by atoms with Gasteiger partial charge in [0.15, 0.2) is 0 Å². The molecule has 0 saturated carbocycles. The molecule has 8 heteroatoms. The van der Waals surface area contributed by atoms with E-state index >= 15 is 0 Å². The van der Waals surface area contributed by atoms with E-state index in [9.17, 15) is 19.7 Å². The van der Waals surface area contributed by atoms with Crippen LogP contribution in [0.15, 0.2) is 24.3 Å². The second-order valence-electron chi connectivity index (χ2n) is 5.15. The van der Waals surface area contributed by atoms with Gasteiger partial charge in [-0.05, 0) is 6.07 Å². The third-order valence-electron chi connectivity index (χ3n) is 3.33. The topological polar surface area (TPSA) is 102 Å². The molecule has 1 unspecified atom stereocenters. The van der Waals surface area contributed by atoms with Crippen LogP contribution in [0, 0.1) is 16.0 Å². The van der Waals surface area contributed by atoms with Crippen molar-refractivity contribution in [3.05, 3.63) is 34.4 Å². The highest BCUT2D eigenvalue weighted by Gasteiger charge is 2.18. The number of carbonyl (C=O) groups excluding carboxylic acids is 2. The summed E-state index contributed by atoms with van der Waals surface area (Å²) in [5.74, 6) is -0.938. The van der Waals surface area contributed by atoms with E-state index in [1.54, 1.807) is 32.2 Å². The van der Waals surface area contributed by atoms with E-state index in [0.29, 0.717) is 5.69 Å². The van der Waals surface area contributed by atoms with Crippen LogP contribution in [-0.4, -0.2) is 48.9 Å². The lowest BCUT2D eigenvalue weighted by Crippen LogP contribution is -2.34. The van der Waals surface area contributed by atoms with Crippen LogP contribution in [0.2, 0.25) is 0 Å². The zero-order chi connectivity index (χ0) is 17.4. The molecule has 126 valence electrons. The quantitative estimate of drug-likeness (QED) is 0.443. The second-order valence-corrected chi connectivity index (χ2v) is 5.15. The van der Waals surface area contributed by atoms with Gasteiger partial charge in [0.2, 0.25) is 5.91 Å². The molecule has 1 rings (SSSR count). The number of esters is 1. The first kappa shape index (κ1) is 18.4. The van der Waals surface area contributed by atoms with Crippen LogP contribution in [0.1, 0.15) is 13.3 Å². The normalized spacial score (nSPS) is 11.4. The van der Waals surface area contributed by atoms with Crippen molar-refractivity contribution in [3.63, 3.8) is 0 Å². The Hall–Kier alpha value is -2.64. The third-order valence-corrected chi connectivity index (χ3v) is 3.33. The van der Waals surface area contributed by atoms with Gasteiger partial charge in [0, 0.05) is 32.6 Å². The number of para-hydroxylation sites is 2. The highest BCUT2D eigenvalue weighted by atomic mass is 16.6. The summed E-state index contributed by atoms with van der Waals surface area (Å²) >= 11 is 0. The van der Waals surface area contributed by atoms with Gasteiger partial charge >= 0.3 is 5.97 Å². The number of nitro groups is 1. The fourth-order valence-corrected chi connectivity index (χ4v) is 2.07. The number of ether oxygens (including phenoxy) is 1. The summed E-state index contributed by atoms with van der Waals surface area (Å²) in [6.45, 7) is 2.21. The van der Waals surface area contributed by atoms with Crippen molar-refractivity contribution < 1.29 is 19.2 Å². The Morgan fingerprint density at radius 2 is 2.04 bits per heavy atom. The molecule has 0 aliphatic heterocycles. The number of carbonyl (C=O) groups is 2. The van der Waals surface area contributed by atoms with E-state index in [2.05, 4.69) is 10.1 Å². The van der Waals surface area contributed by atoms with Crippen LogP contribution in [0.5, 0.6) is 0 Å². The van der Waals surface area contributed by atoms with Crippen molar-refractivity contribution in [2.24, 2.45) is 5.92 Å². The largest absolute Gasteiger partial charge is 0.469 e. The Morgan fingerprint density at radius 1 is 1.39 bits per heavy atom. The van der Waals surface area contributed by atoms with Gasteiger partial charge in [-0.25, -0.2) is 0 Å². The first-order chi connectivity index (χ1) is 10.9. The number of amides is 1. The van der Waals surface area contributed by atoms with Crippen LogP contribution >= 0.6 is 0 Å². The van der Waals surface area contributed by atoms with E-state index < -0.39 is 10.8 Å². The van der Waals surface area contributed by atoms with Gasteiger partial charge in [0.1, 0.15) is 5.69 Å². The molecule has 1 atom stereocenters. The van der Waals surface area contributed by atoms with Crippen LogP contribution in [0.3, 0.4) is 0 Å². The molecule has 1 aromatic rings. The van der Waals surface area contributed by atoms with Crippen molar-refractivity contribution in [2.45, 2.75) is 13.3 Å². The van der Waals surface area contributed by atoms with Gasteiger partial charge in [0.25, 0.3) is 5.69 Å². The molecular weight excluding hydrogens is 302 g/mol. The van der Waals surface area contributed by atoms with Crippen LogP contribution in [0.25, 0.3) is 0 Å². The predicted molar refractivity (Wildman–Crippen MR) is 85.0 cm³/mol. The molecule has 23 heavy (non-hydrogen) atoms. The van der Waals surface area contributed by atoms with Crippen molar-refractivity contribution in [2.75, 3.05) is 32.6 Å². The Kier molecular flexibility index (Phi) is 6.98. The van der Waals surface area contributed by atoms with E-state index in [-0.39, 0.29) is 37.1 Å². The van der Waals surface area contributed by atoms with E-state index in [4.69, 9.17) is 0 Å². The second kappa shape index (κ2) is 8.72. The zero-order valence-corrected chi connectivity index (χ0v) is 13.4. The summed E-state index contributed by atoms with van der Waals surface area (Å²) in [5, 5.41) is 13.8. The molecule has 0 radical (unpaired) electrons. The summed E-state index contributed by atoms with van der Waals surface area (Å²) < 4.78 is 4.61. The monoisotopic (exact) mass is 323 g/mol. The molecule has 0 aliphatic rings. The highest BCUT2D eigenvalue weighted by Crippen LogP contribution is 2.22. The van der Waals surface area contributed by atoms with Gasteiger partial charge in [-0.1, -0.05) is 19.1 Å². The average Bonchev–Trinajstić information content (AvgIpc) is 2.53. The number of benzene rings is 1. The molecule has 8 nitrogen and oxygen atoms in total. The smallest absolute Gasteiger partial charge is 0.310 e. The molecule has 0 fully saturated rings. The summed E-state index contributed by atoms with van der Waals surface area (Å²) in [7, 11) is 2.91. The molecule has 0 spiro atoms. The Bertz CT molecular complexity index is 576. The molecular formula is C15H21N3O5. The maximum absolute atomic E-state index is 12.0. The first-order valence-corrected chi connectivity index (χ1v) is 7.16. The maximum Gasteiger partial charge on any atom is 0.310 e. The van der Waals surface area contributed by atoms with Crippen molar-refractivity contribution in [3.8, 4) is 0 Å². The van der Waals surface area contributed by atoms with E-state index in [1.807, 2.05) is 0 Å². The summed E-state index contributed by atoms with van der Waals surface area (Å²) in [5.41, 5.74) is 0.337. The summed E-state index contributed by atoms with van der Waals surface area (Å²) in [6, 6.07) is 6.25. The number of hydrogen-bond donors (Lipinski definition) is 1. The summed E-state index contributed by atoms with van der Waals surface area (Å²) in [6.07, 6.45) is 0.163. The number of nitrogens with zero attached hydrogens (tertiary/aromatic N) is 2. The van der Waals surface area contributed by atoms with Gasteiger partial charge in [-0.15, -0.1) is 0 Å². The minimum Gasteiger partial charge on any atom is -0.469 e. The van der Waals surface area contributed by atoms with Gasteiger partial charge in [0.05, 0.1) is 18.0 Å². The zero-order valence-electron chi connectivity index (χ0n) is 13.4. The van der Waals surface area contributed by atoms with E-state index in [0.717, 1.165) is 0 Å². The lowest BCUT2D eigenvalue weighted by atomic mass is 10.1. The standard InChI is InChI=1S/C15H21N3O5/c1-11(15(20)23-3)10-17(2)14(19)8-9-16-12-6-4-5-7-13(12)18(21)22/h4-7,11,16H,8-10H2,1-3H3. The molecule has 0 aromatic heterocycles. The first-order valence-electron chi connectivity index (χ1n) is 7.16. The van der Waals surface area contributed by atoms with Gasteiger partial charge in [-0.3, -0.25) is 19.7 Å². The number of methoxy groups -OCH3 is 1. The number of rotatable bonds is 8.